The Kier molecular flexibility index (Phi) is 4.98. The molecule has 0 spiro atoms. The van der Waals surface area contributed by atoms with Crippen molar-refractivity contribution in [2.45, 2.75) is 43.9 Å². The highest BCUT2D eigenvalue weighted by molar-refractivity contribution is 7.10. The molecule has 0 N–H and O–H groups in total. The quantitative estimate of drug-likeness (QED) is 0.464. The first kappa shape index (κ1) is 20.2. The SMILES string of the molecule is N#CC(C#N)=C1C(c2cccs2)C2C3CCCC4C(C#N)CCC(C43)C2C1c1cccs1. The maximum Gasteiger partial charge on any atom is 0.130 e. The summed E-state index contributed by atoms with van der Waals surface area (Å²) in [5.41, 5.74) is 1.43. The summed E-state index contributed by atoms with van der Waals surface area (Å²) in [4.78, 5) is 2.63. The van der Waals surface area contributed by atoms with E-state index in [2.05, 4.69) is 53.2 Å². The molecule has 9 unspecified atom stereocenters. The molecule has 4 fully saturated rings. The number of nitrogens with zero attached hydrogens (tertiary/aromatic N) is 3. The van der Waals surface area contributed by atoms with Gasteiger partial charge in [0.2, 0.25) is 0 Å². The van der Waals surface area contributed by atoms with E-state index in [0.29, 0.717) is 41.1 Å². The van der Waals surface area contributed by atoms with Crippen molar-refractivity contribution in [3.63, 3.8) is 0 Å². The van der Waals surface area contributed by atoms with Crippen molar-refractivity contribution >= 4 is 22.7 Å². The average Bonchev–Trinajstić information content (AvgIpc) is 3.61. The van der Waals surface area contributed by atoms with Crippen LogP contribution in [-0.2, 0) is 0 Å². The lowest BCUT2D eigenvalue weighted by Gasteiger charge is -2.45. The molecule has 6 rings (SSSR count). The zero-order chi connectivity index (χ0) is 21.8. The molecule has 0 amide bonds. The predicted molar refractivity (Wildman–Crippen MR) is 126 cm³/mol. The Morgan fingerprint density at radius 3 is 1.88 bits per heavy atom. The molecular weight excluding hydrogens is 430 g/mol. The zero-order valence-corrected chi connectivity index (χ0v) is 19.5. The second kappa shape index (κ2) is 7.88. The number of thiophene rings is 2. The van der Waals surface area contributed by atoms with Gasteiger partial charge >= 0.3 is 0 Å². The van der Waals surface area contributed by atoms with Gasteiger partial charge in [-0.15, -0.1) is 22.7 Å². The molecule has 2 aromatic rings. The highest BCUT2D eigenvalue weighted by Crippen LogP contribution is 2.72. The van der Waals surface area contributed by atoms with Crippen LogP contribution in [0.5, 0.6) is 0 Å². The summed E-state index contributed by atoms with van der Waals surface area (Å²) in [6.45, 7) is 0. The minimum absolute atomic E-state index is 0.163. The van der Waals surface area contributed by atoms with E-state index < -0.39 is 0 Å². The Bertz CT molecular complexity index is 1090. The van der Waals surface area contributed by atoms with E-state index in [1.54, 1.807) is 22.7 Å². The van der Waals surface area contributed by atoms with Crippen molar-refractivity contribution in [1.29, 1.82) is 15.8 Å². The molecule has 4 saturated carbocycles. The lowest BCUT2D eigenvalue weighted by Crippen LogP contribution is -2.39. The van der Waals surface area contributed by atoms with Gasteiger partial charge in [-0.2, -0.15) is 15.8 Å². The first-order valence-electron chi connectivity index (χ1n) is 11.8. The number of rotatable bonds is 2. The monoisotopic (exact) mass is 455 g/mol. The number of hydrogen-bond acceptors (Lipinski definition) is 5. The van der Waals surface area contributed by atoms with Crippen LogP contribution in [0.1, 0.15) is 53.7 Å². The molecule has 2 heterocycles. The second-order valence-corrected chi connectivity index (χ2v) is 12.0. The van der Waals surface area contributed by atoms with Gasteiger partial charge in [-0.25, -0.2) is 0 Å². The third kappa shape index (κ3) is 2.73. The highest BCUT2D eigenvalue weighted by Gasteiger charge is 2.65. The molecule has 0 saturated heterocycles. The fourth-order valence-electron chi connectivity index (χ4n) is 8.44. The van der Waals surface area contributed by atoms with Gasteiger partial charge in [0.05, 0.1) is 6.07 Å². The first-order chi connectivity index (χ1) is 15.8. The minimum atomic E-state index is 0.163. The van der Waals surface area contributed by atoms with E-state index >= 15 is 0 Å². The maximum absolute atomic E-state index is 10.00. The summed E-state index contributed by atoms with van der Waals surface area (Å²) in [6, 6.07) is 15.9. The Morgan fingerprint density at radius 2 is 1.34 bits per heavy atom. The van der Waals surface area contributed by atoms with E-state index in [0.717, 1.165) is 18.4 Å². The summed E-state index contributed by atoms with van der Waals surface area (Å²) in [5, 5.41) is 34.1. The summed E-state index contributed by atoms with van der Waals surface area (Å²) >= 11 is 3.56. The van der Waals surface area contributed by atoms with Crippen molar-refractivity contribution < 1.29 is 0 Å². The van der Waals surface area contributed by atoms with Crippen molar-refractivity contribution in [1.82, 2.24) is 0 Å². The van der Waals surface area contributed by atoms with Gasteiger partial charge in [-0.1, -0.05) is 18.6 Å². The average molecular weight is 456 g/mol. The Balaban J connectivity index is 1.58. The molecule has 5 heteroatoms. The smallest absolute Gasteiger partial charge is 0.130 e. The highest BCUT2D eigenvalue weighted by atomic mass is 32.1. The summed E-state index contributed by atoms with van der Waals surface area (Å²) in [7, 11) is 0. The van der Waals surface area contributed by atoms with Gasteiger partial charge in [0.15, 0.2) is 0 Å². The van der Waals surface area contributed by atoms with Gasteiger partial charge in [-0.3, -0.25) is 0 Å². The van der Waals surface area contributed by atoms with Gasteiger partial charge in [-0.05, 0) is 89.7 Å². The van der Waals surface area contributed by atoms with Crippen LogP contribution in [-0.4, -0.2) is 0 Å². The molecule has 9 atom stereocenters. The molecule has 3 nitrogen and oxygen atoms in total. The number of allylic oxidation sites excluding steroid dienone is 2. The number of hydrogen-bond donors (Lipinski definition) is 0. The fourth-order valence-corrected chi connectivity index (χ4v) is 10.2. The summed E-state index contributed by atoms with van der Waals surface area (Å²) < 4.78 is 0. The van der Waals surface area contributed by atoms with E-state index in [1.165, 1.54) is 29.0 Å². The maximum atomic E-state index is 10.00. The van der Waals surface area contributed by atoms with Crippen molar-refractivity contribution in [3.05, 3.63) is 55.9 Å². The predicted octanol–water partition coefficient (Wildman–Crippen LogP) is 6.86. The van der Waals surface area contributed by atoms with Crippen LogP contribution < -0.4 is 0 Å². The van der Waals surface area contributed by atoms with E-state index in [-0.39, 0.29) is 17.8 Å². The first-order valence-corrected chi connectivity index (χ1v) is 13.5. The summed E-state index contributed by atoms with van der Waals surface area (Å²) in [6.07, 6.45) is 5.78. The van der Waals surface area contributed by atoms with Crippen LogP contribution in [0, 0.1) is 75.4 Å². The lowest BCUT2D eigenvalue weighted by molar-refractivity contribution is 0.0500. The van der Waals surface area contributed by atoms with Crippen LogP contribution in [0.2, 0.25) is 0 Å². The van der Waals surface area contributed by atoms with Crippen LogP contribution >= 0.6 is 22.7 Å². The molecule has 32 heavy (non-hydrogen) atoms. The molecule has 0 radical (unpaired) electrons. The van der Waals surface area contributed by atoms with Gasteiger partial charge in [0.1, 0.15) is 17.7 Å². The molecule has 0 aromatic carbocycles. The lowest BCUT2D eigenvalue weighted by atomic mass is 9.58. The van der Waals surface area contributed by atoms with Crippen LogP contribution in [0.15, 0.2) is 46.2 Å². The number of nitriles is 3. The Labute approximate surface area is 197 Å². The standard InChI is InChI=1S/C27H25N3S2/c28-12-15-8-9-19-23-17(15)4-1-5-18(23)24-25(19)27(21-7-3-11-32-21)22(16(13-29)14-30)26(24)20-6-2-10-31-20/h2-3,6-7,10-11,15,17-19,23-27H,1,4-5,8-9H2. The molecule has 4 aliphatic carbocycles. The van der Waals surface area contributed by atoms with Crippen LogP contribution in [0.3, 0.4) is 0 Å². The molecule has 160 valence electrons. The van der Waals surface area contributed by atoms with Crippen molar-refractivity contribution in [2.24, 2.45) is 41.4 Å². The molecule has 0 aliphatic heterocycles. The third-order valence-corrected chi connectivity index (χ3v) is 11.0. The topological polar surface area (TPSA) is 71.4 Å². The van der Waals surface area contributed by atoms with Gasteiger partial charge in [0, 0.05) is 27.5 Å². The van der Waals surface area contributed by atoms with E-state index in [9.17, 15) is 15.8 Å². The Hall–Kier alpha value is -2.39. The van der Waals surface area contributed by atoms with Crippen molar-refractivity contribution in [2.75, 3.05) is 0 Å². The number of fused-ring (bicyclic) bond motifs is 3. The fraction of sp³-hybridized carbons (Fsp3) is 0.519. The zero-order valence-electron chi connectivity index (χ0n) is 17.9. The molecule has 0 bridgehead atoms. The van der Waals surface area contributed by atoms with E-state index in [4.69, 9.17) is 0 Å². The molecule has 2 aromatic heterocycles. The van der Waals surface area contributed by atoms with Crippen molar-refractivity contribution in [3.8, 4) is 18.2 Å². The van der Waals surface area contributed by atoms with Crippen LogP contribution in [0.25, 0.3) is 0 Å². The summed E-state index contributed by atoms with van der Waals surface area (Å²) in [5.74, 6) is 3.86. The molecular formula is C27H25N3S2. The molecule has 4 aliphatic rings. The largest absolute Gasteiger partial charge is 0.198 e. The van der Waals surface area contributed by atoms with Crippen LogP contribution in [0.4, 0.5) is 0 Å². The van der Waals surface area contributed by atoms with Gasteiger partial charge < -0.3 is 0 Å². The normalized spacial score (nSPS) is 39.4. The minimum Gasteiger partial charge on any atom is -0.198 e. The Morgan fingerprint density at radius 1 is 0.750 bits per heavy atom. The third-order valence-electron chi connectivity index (χ3n) is 9.14. The van der Waals surface area contributed by atoms with E-state index in [1.807, 2.05) is 0 Å². The van der Waals surface area contributed by atoms with Gasteiger partial charge in [0.25, 0.3) is 0 Å². The second-order valence-electron chi connectivity index (χ2n) is 10.0.